The third-order valence-electron chi connectivity index (χ3n) is 1.23. The van der Waals surface area contributed by atoms with Crippen LogP contribution in [0.1, 0.15) is 13.8 Å². The van der Waals surface area contributed by atoms with Crippen LogP contribution in [0.15, 0.2) is 36.5 Å². The monoisotopic (exact) mass is 147 g/mol. The van der Waals surface area contributed by atoms with Gasteiger partial charge in [0.05, 0.1) is 12.0 Å². The lowest BCUT2D eigenvalue weighted by Crippen LogP contribution is -1.80. The van der Waals surface area contributed by atoms with Gasteiger partial charge in [0.15, 0.2) is 0 Å². The third kappa shape index (κ3) is 5.17. The molecule has 0 aromatic rings. The van der Waals surface area contributed by atoms with Crippen LogP contribution in [0.2, 0.25) is 0 Å². The van der Waals surface area contributed by atoms with Gasteiger partial charge in [0, 0.05) is 0 Å². The first-order valence-corrected chi connectivity index (χ1v) is 3.58. The smallest absolute Gasteiger partial charge is 0.0694 e. The molecule has 0 aliphatic carbocycles. The van der Waals surface area contributed by atoms with E-state index in [0.29, 0.717) is 0 Å². The third-order valence-corrected chi connectivity index (χ3v) is 1.23. The van der Waals surface area contributed by atoms with E-state index < -0.39 is 0 Å². The van der Waals surface area contributed by atoms with Gasteiger partial charge in [-0.15, -0.1) is 0 Å². The molecular formula is C10H13N. The van der Waals surface area contributed by atoms with Crippen molar-refractivity contribution in [3.63, 3.8) is 0 Å². The number of hydrogen-bond donors (Lipinski definition) is 0. The summed E-state index contributed by atoms with van der Waals surface area (Å²) in [7, 11) is 0. The highest BCUT2D eigenvalue weighted by atomic mass is 14.2. The molecule has 0 aromatic carbocycles. The molecule has 0 spiro atoms. The van der Waals surface area contributed by atoms with E-state index in [9.17, 15) is 0 Å². The van der Waals surface area contributed by atoms with Crippen molar-refractivity contribution in [3.05, 3.63) is 36.5 Å². The first-order chi connectivity index (χ1) is 5.20. The molecule has 0 heterocycles. The van der Waals surface area contributed by atoms with Crippen molar-refractivity contribution in [2.75, 3.05) is 0 Å². The molecule has 0 amide bonds. The highest BCUT2D eigenvalue weighted by molar-refractivity contribution is 5.21. The Hall–Kier alpha value is -1.29. The minimum atomic E-state index is -0.0110. The van der Waals surface area contributed by atoms with Crippen LogP contribution in [0, 0.1) is 17.2 Å². The standard InChI is InChI=1S/C10H13N/c1-4-5-9(2)6-7-10(3)8-11/h4-7,10H,1H2,2-3H3/b7-6-,9-5-. The largest absolute Gasteiger partial charge is 0.198 e. The van der Waals surface area contributed by atoms with E-state index in [2.05, 4.69) is 12.6 Å². The van der Waals surface area contributed by atoms with Crippen molar-refractivity contribution in [2.45, 2.75) is 13.8 Å². The van der Waals surface area contributed by atoms with Gasteiger partial charge in [-0.05, 0) is 13.8 Å². The highest BCUT2D eigenvalue weighted by Crippen LogP contribution is 2.00. The van der Waals surface area contributed by atoms with Gasteiger partial charge in [0.1, 0.15) is 0 Å². The fraction of sp³-hybridized carbons (Fsp3) is 0.300. The lowest BCUT2D eigenvalue weighted by atomic mass is 10.1. The molecular weight excluding hydrogens is 134 g/mol. The van der Waals surface area contributed by atoms with Crippen molar-refractivity contribution in [2.24, 2.45) is 5.92 Å². The summed E-state index contributed by atoms with van der Waals surface area (Å²) in [6.45, 7) is 7.41. The van der Waals surface area contributed by atoms with Crippen LogP contribution in [-0.4, -0.2) is 0 Å². The van der Waals surface area contributed by atoms with Gasteiger partial charge in [-0.3, -0.25) is 0 Å². The number of rotatable bonds is 3. The highest BCUT2D eigenvalue weighted by Gasteiger charge is 1.89. The maximum Gasteiger partial charge on any atom is 0.0694 e. The summed E-state index contributed by atoms with van der Waals surface area (Å²) in [6, 6.07) is 2.12. The van der Waals surface area contributed by atoms with Gasteiger partial charge in [-0.2, -0.15) is 5.26 Å². The molecule has 0 bridgehead atoms. The first-order valence-electron chi connectivity index (χ1n) is 3.58. The Morgan fingerprint density at radius 3 is 2.73 bits per heavy atom. The Morgan fingerprint density at radius 1 is 1.64 bits per heavy atom. The number of nitriles is 1. The quantitative estimate of drug-likeness (QED) is 0.563. The van der Waals surface area contributed by atoms with Crippen LogP contribution in [0.4, 0.5) is 0 Å². The van der Waals surface area contributed by atoms with Crippen molar-refractivity contribution < 1.29 is 0 Å². The first kappa shape index (κ1) is 9.71. The van der Waals surface area contributed by atoms with Crippen LogP contribution >= 0.6 is 0 Å². The average Bonchev–Trinajstić information content (AvgIpc) is 2.01. The van der Waals surface area contributed by atoms with Crippen molar-refractivity contribution in [1.82, 2.24) is 0 Å². The van der Waals surface area contributed by atoms with E-state index in [1.54, 1.807) is 6.08 Å². The van der Waals surface area contributed by atoms with E-state index in [1.807, 2.05) is 32.1 Å². The minimum absolute atomic E-state index is 0.0110. The molecule has 0 aromatic heterocycles. The minimum Gasteiger partial charge on any atom is -0.198 e. The molecule has 0 aliphatic rings. The Morgan fingerprint density at radius 2 is 2.27 bits per heavy atom. The van der Waals surface area contributed by atoms with E-state index in [0.717, 1.165) is 5.57 Å². The summed E-state index contributed by atoms with van der Waals surface area (Å²) in [4.78, 5) is 0. The summed E-state index contributed by atoms with van der Waals surface area (Å²) in [5, 5.41) is 8.44. The van der Waals surface area contributed by atoms with Crippen molar-refractivity contribution in [3.8, 4) is 6.07 Å². The van der Waals surface area contributed by atoms with E-state index in [1.165, 1.54) is 0 Å². The second kappa shape index (κ2) is 5.49. The molecule has 0 radical (unpaired) electrons. The van der Waals surface area contributed by atoms with Crippen LogP contribution in [0.25, 0.3) is 0 Å². The summed E-state index contributed by atoms with van der Waals surface area (Å²) in [6.07, 6.45) is 7.43. The van der Waals surface area contributed by atoms with Gasteiger partial charge in [-0.25, -0.2) is 0 Å². The van der Waals surface area contributed by atoms with Crippen LogP contribution < -0.4 is 0 Å². The Kier molecular flexibility index (Phi) is 4.85. The summed E-state index contributed by atoms with van der Waals surface area (Å²) in [5.74, 6) is -0.0110. The zero-order valence-electron chi connectivity index (χ0n) is 7.04. The van der Waals surface area contributed by atoms with Crippen LogP contribution in [0.5, 0.6) is 0 Å². The number of allylic oxidation sites excluding steroid dienone is 5. The summed E-state index contributed by atoms with van der Waals surface area (Å²) in [5.41, 5.74) is 1.11. The fourth-order valence-electron chi connectivity index (χ4n) is 0.581. The number of nitrogens with zero attached hydrogens (tertiary/aromatic N) is 1. The molecule has 0 fully saturated rings. The van der Waals surface area contributed by atoms with Gasteiger partial charge in [-0.1, -0.05) is 36.5 Å². The lowest BCUT2D eigenvalue weighted by Gasteiger charge is -1.90. The van der Waals surface area contributed by atoms with E-state index in [-0.39, 0.29) is 5.92 Å². The topological polar surface area (TPSA) is 23.8 Å². The van der Waals surface area contributed by atoms with Gasteiger partial charge in [0.25, 0.3) is 0 Å². The Bertz CT molecular complexity index is 216. The summed E-state index contributed by atoms with van der Waals surface area (Å²) >= 11 is 0. The van der Waals surface area contributed by atoms with Gasteiger partial charge in [0.2, 0.25) is 0 Å². The van der Waals surface area contributed by atoms with Gasteiger partial charge >= 0.3 is 0 Å². The van der Waals surface area contributed by atoms with Crippen molar-refractivity contribution >= 4 is 0 Å². The zero-order valence-corrected chi connectivity index (χ0v) is 7.04. The zero-order chi connectivity index (χ0) is 8.69. The van der Waals surface area contributed by atoms with E-state index >= 15 is 0 Å². The normalized spacial score (nSPS) is 14.5. The molecule has 1 atom stereocenters. The second-order valence-electron chi connectivity index (χ2n) is 2.42. The second-order valence-corrected chi connectivity index (χ2v) is 2.42. The molecule has 58 valence electrons. The SMILES string of the molecule is C=C/C=C(C)\C=C/C(C)C#N. The Labute approximate surface area is 68.3 Å². The molecule has 1 heteroatoms. The van der Waals surface area contributed by atoms with Crippen LogP contribution in [-0.2, 0) is 0 Å². The maximum absolute atomic E-state index is 8.44. The van der Waals surface area contributed by atoms with Gasteiger partial charge < -0.3 is 0 Å². The fourth-order valence-corrected chi connectivity index (χ4v) is 0.581. The predicted octanol–water partition coefficient (Wildman–Crippen LogP) is 2.83. The van der Waals surface area contributed by atoms with Crippen molar-refractivity contribution in [1.29, 1.82) is 5.26 Å². The molecule has 0 N–H and O–H groups in total. The molecule has 0 saturated heterocycles. The van der Waals surface area contributed by atoms with E-state index in [4.69, 9.17) is 5.26 Å². The maximum atomic E-state index is 8.44. The summed E-state index contributed by atoms with van der Waals surface area (Å²) < 4.78 is 0. The predicted molar refractivity (Wildman–Crippen MR) is 47.9 cm³/mol. The lowest BCUT2D eigenvalue weighted by molar-refractivity contribution is 0.955. The Balaban J connectivity index is 4.04. The molecule has 0 aliphatic heterocycles. The molecule has 0 rings (SSSR count). The number of hydrogen-bond acceptors (Lipinski definition) is 1. The molecule has 0 saturated carbocycles. The molecule has 1 nitrogen and oxygen atoms in total. The molecule has 11 heavy (non-hydrogen) atoms. The molecule has 1 unspecified atom stereocenters. The van der Waals surface area contributed by atoms with Crippen LogP contribution in [0.3, 0.4) is 0 Å². The average molecular weight is 147 g/mol.